The number of carbonyl (C=O) groups is 2. The summed E-state index contributed by atoms with van der Waals surface area (Å²) in [6, 6.07) is -0.882. The number of hydrogen-bond acceptors (Lipinski definition) is 7. The van der Waals surface area contributed by atoms with E-state index in [4.69, 9.17) is 13.8 Å². The summed E-state index contributed by atoms with van der Waals surface area (Å²) in [4.78, 5) is 40.4. The lowest BCUT2D eigenvalue weighted by Crippen LogP contribution is -2.47. The van der Waals surface area contributed by atoms with Crippen molar-refractivity contribution in [2.75, 3.05) is 40.9 Å². The maximum atomic E-state index is 13.7. The van der Waals surface area contributed by atoms with E-state index in [2.05, 4.69) is 26.1 Å². The first-order valence-corrected chi connectivity index (χ1v) is 43.5. The fraction of sp³-hybridized carbons (Fsp3) is 0.952. The van der Waals surface area contributed by atoms with Gasteiger partial charge in [0.1, 0.15) is 19.3 Å². The van der Waals surface area contributed by atoms with Crippen LogP contribution < -0.4 is 10.2 Å². The van der Waals surface area contributed by atoms with E-state index >= 15 is 0 Å². The van der Waals surface area contributed by atoms with Crippen molar-refractivity contribution in [1.29, 1.82) is 0 Å². The SMILES string of the molecule is CCCCCCCCCCCCC/C=C/C(OC(=O)CCCCCCCCCCCCCCCCCCCCCCCCCCCCC)C(COP(=O)([O-])OCC[N+](C)(C)C)NC(=O)CCCCCCCCCCCCCCCCCCCCCCCCCCCCC. The maximum absolute atomic E-state index is 13.7. The van der Waals surface area contributed by atoms with E-state index in [0.29, 0.717) is 17.4 Å². The van der Waals surface area contributed by atoms with E-state index in [1.165, 1.54) is 366 Å². The van der Waals surface area contributed by atoms with E-state index in [1.807, 2.05) is 33.3 Å². The number of carbonyl (C=O) groups excluding carboxylic acids is 2. The number of nitrogens with one attached hydrogen (secondary N) is 1. The summed E-state index contributed by atoms with van der Waals surface area (Å²) in [5.74, 6) is -0.506. The minimum atomic E-state index is -4.70. The second kappa shape index (κ2) is 73.5. The quantitative estimate of drug-likeness (QED) is 0.0212. The molecule has 0 radical (unpaired) electrons. The Balaban J connectivity index is 4.85. The molecule has 10 heteroatoms. The molecule has 9 nitrogen and oxygen atoms in total. The summed E-state index contributed by atoms with van der Waals surface area (Å²) < 4.78 is 30.6. The highest BCUT2D eigenvalue weighted by molar-refractivity contribution is 7.45. The number of nitrogens with zero attached hydrogens (tertiary/aromatic N) is 1. The highest BCUT2D eigenvalue weighted by Crippen LogP contribution is 2.38. The number of rotatable bonds is 79. The van der Waals surface area contributed by atoms with Crippen molar-refractivity contribution in [2.45, 2.75) is 470 Å². The van der Waals surface area contributed by atoms with Gasteiger partial charge in [-0.05, 0) is 31.8 Å². The molecule has 0 aromatic carbocycles. The van der Waals surface area contributed by atoms with Crippen molar-refractivity contribution < 1.29 is 37.3 Å². The van der Waals surface area contributed by atoms with Crippen LogP contribution in [0.1, 0.15) is 457 Å². The van der Waals surface area contributed by atoms with Gasteiger partial charge in [0.05, 0.1) is 33.8 Å². The first kappa shape index (κ1) is 91.8. The summed E-state index contributed by atoms with van der Waals surface area (Å²) in [6.07, 6.45) is 90.9. The average molecular weight is 1330 g/mol. The van der Waals surface area contributed by atoms with Gasteiger partial charge >= 0.3 is 5.97 Å². The van der Waals surface area contributed by atoms with Gasteiger partial charge in [0.15, 0.2) is 0 Å². The molecule has 554 valence electrons. The van der Waals surface area contributed by atoms with Crippen LogP contribution >= 0.6 is 7.82 Å². The Morgan fingerprint density at radius 2 is 0.613 bits per heavy atom. The molecule has 0 saturated carbocycles. The van der Waals surface area contributed by atoms with Crippen LogP contribution in [0.25, 0.3) is 0 Å². The number of quaternary nitrogens is 1. The van der Waals surface area contributed by atoms with Crippen LogP contribution in [0.5, 0.6) is 0 Å². The van der Waals surface area contributed by atoms with Crippen molar-refractivity contribution in [3.8, 4) is 0 Å². The minimum absolute atomic E-state index is 0.0160. The van der Waals surface area contributed by atoms with E-state index in [9.17, 15) is 19.0 Å². The molecule has 0 saturated heterocycles. The van der Waals surface area contributed by atoms with Gasteiger partial charge < -0.3 is 28.5 Å². The Morgan fingerprint density at radius 3 is 0.882 bits per heavy atom. The second-order valence-electron chi connectivity index (χ2n) is 30.4. The zero-order valence-corrected chi connectivity index (χ0v) is 64.7. The fourth-order valence-corrected chi connectivity index (χ4v) is 14.0. The monoisotopic (exact) mass is 1330 g/mol. The van der Waals surface area contributed by atoms with Crippen LogP contribution in [0, 0.1) is 0 Å². The third kappa shape index (κ3) is 74.8. The normalized spacial score (nSPS) is 13.3. The van der Waals surface area contributed by atoms with Gasteiger partial charge in [-0.15, -0.1) is 0 Å². The van der Waals surface area contributed by atoms with Gasteiger partial charge in [0.2, 0.25) is 5.91 Å². The summed E-state index contributed by atoms with van der Waals surface area (Å²) in [6.45, 7) is 6.95. The number of unbranched alkanes of at least 4 members (excludes halogenated alkanes) is 63. The molecule has 0 aliphatic heterocycles. The lowest BCUT2D eigenvalue weighted by molar-refractivity contribution is -0.870. The number of likely N-dealkylation sites (N-methyl/N-ethyl adjacent to an activating group) is 1. The molecule has 1 amide bonds. The minimum Gasteiger partial charge on any atom is -0.756 e. The molecular weight excluding hydrogens is 1170 g/mol. The maximum Gasteiger partial charge on any atom is 0.306 e. The zero-order chi connectivity index (χ0) is 67.8. The van der Waals surface area contributed by atoms with Crippen molar-refractivity contribution in [3.05, 3.63) is 12.2 Å². The summed E-state index contributed by atoms with van der Waals surface area (Å²) in [7, 11) is 1.22. The van der Waals surface area contributed by atoms with Gasteiger partial charge in [-0.3, -0.25) is 14.2 Å². The molecule has 93 heavy (non-hydrogen) atoms. The molecule has 1 N–H and O–H groups in total. The predicted octanol–water partition coefficient (Wildman–Crippen LogP) is 26.7. The van der Waals surface area contributed by atoms with Crippen molar-refractivity contribution in [3.63, 3.8) is 0 Å². The largest absolute Gasteiger partial charge is 0.756 e. The fourth-order valence-electron chi connectivity index (χ4n) is 13.3. The van der Waals surface area contributed by atoms with Gasteiger partial charge in [0, 0.05) is 12.8 Å². The van der Waals surface area contributed by atoms with Gasteiger partial charge in [-0.1, -0.05) is 425 Å². The molecule has 0 heterocycles. The van der Waals surface area contributed by atoms with Gasteiger partial charge in [-0.25, -0.2) is 0 Å². The summed E-state index contributed by atoms with van der Waals surface area (Å²) in [5, 5.41) is 3.07. The topological polar surface area (TPSA) is 114 Å². The molecule has 0 aliphatic carbocycles. The molecule has 0 bridgehead atoms. The van der Waals surface area contributed by atoms with Crippen LogP contribution in [-0.2, 0) is 27.9 Å². The average Bonchev–Trinajstić information content (AvgIpc) is 2.17. The lowest BCUT2D eigenvalue weighted by atomic mass is 10.0. The molecule has 0 fully saturated rings. The van der Waals surface area contributed by atoms with E-state index in [1.54, 1.807) is 0 Å². The second-order valence-corrected chi connectivity index (χ2v) is 31.8. The first-order chi connectivity index (χ1) is 45.4. The molecule has 0 rings (SSSR count). The number of amides is 1. The van der Waals surface area contributed by atoms with Crippen molar-refractivity contribution >= 4 is 19.7 Å². The Kier molecular flexibility index (Phi) is 72.5. The number of allylic oxidation sites excluding steroid dienone is 1. The third-order valence-electron chi connectivity index (χ3n) is 19.7. The molecule has 0 aromatic rings. The van der Waals surface area contributed by atoms with E-state index in [-0.39, 0.29) is 31.5 Å². The van der Waals surface area contributed by atoms with Gasteiger partial charge in [-0.2, -0.15) is 0 Å². The van der Waals surface area contributed by atoms with Crippen LogP contribution in [0.3, 0.4) is 0 Å². The number of phosphoric acid groups is 1. The van der Waals surface area contributed by atoms with Crippen LogP contribution in [0.4, 0.5) is 0 Å². The first-order valence-electron chi connectivity index (χ1n) is 42.0. The van der Waals surface area contributed by atoms with Crippen molar-refractivity contribution in [1.82, 2.24) is 5.32 Å². The third-order valence-corrected chi connectivity index (χ3v) is 20.7. The lowest BCUT2D eigenvalue weighted by Gasteiger charge is -2.30. The highest BCUT2D eigenvalue weighted by atomic mass is 31.2. The van der Waals surface area contributed by atoms with Crippen LogP contribution in [0.15, 0.2) is 12.2 Å². The molecule has 0 spiro atoms. The summed E-state index contributed by atoms with van der Waals surface area (Å²) >= 11 is 0. The van der Waals surface area contributed by atoms with Crippen LogP contribution in [-0.4, -0.2) is 69.4 Å². The Hall–Kier alpha value is -1.25. The predicted molar refractivity (Wildman–Crippen MR) is 404 cm³/mol. The molecule has 0 aromatic heterocycles. The molecule has 3 atom stereocenters. The zero-order valence-electron chi connectivity index (χ0n) is 63.8. The van der Waals surface area contributed by atoms with E-state index < -0.39 is 20.0 Å². The Morgan fingerprint density at radius 1 is 0.366 bits per heavy atom. The molecule has 0 aliphatic rings. The van der Waals surface area contributed by atoms with Crippen LogP contribution in [0.2, 0.25) is 0 Å². The Bertz CT molecular complexity index is 1590. The standard InChI is InChI=1S/C83H165N2O7P/c1-7-10-13-16-19-22-25-28-30-32-34-36-38-40-42-44-46-48-50-52-54-57-60-63-66-69-72-75-82(86)84-80(79-91-93(88,89)90-78-77-85(4,5)6)81(74-71-68-65-62-59-56-27-24-21-18-15-12-9-3)92-83(87)76-73-70-67-64-61-58-55-53-51-49-47-45-43-41-39-37-35-33-31-29-26-23-20-17-14-11-8-2/h71,74,80-81H,7-70,72-73,75-79H2,1-6H3,(H-,84,86,88,89)/b74-71+. The van der Waals surface area contributed by atoms with E-state index in [0.717, 1.165) is 57.8 Å². The molecule has 3 unspecified atom stereocenters. The van der Waals surface area contributed by atoms with Gasteiger partial charge in [0.25, 0.3) is 7.82 Å². The Labute approximate surface area is 582 Å². The number of ether oxygens (including phenoxy) is 1. The number of hydrogen-bond donors (Lipinski definition) is 1. The summed E-state index contributed by atoms with van der Waals surface area (Å²) in [5.41, 5.74) is 0. The number of esters is 1. The number of phosphoric ester groups is 1. The molecular formula is C83H165N2O7P. The highest BCUT2D eigenvalue weighted by Gasteiger charge is 2.27. The smallest absolute Gasteiger partial charge is 0.306 e. The van der Waals surface area contributed by atoms with Crippen molar-refractivity contribution in [2.24, 2.45) is 0 Å².